The van der Waals surface area contributed by atoms with Crippen molar-refractivity contribution in [3.63, 3.8) is 0 Å². The minimum absolute atomic E-state index is 0.0801. The third-order valence-corrected chi connectivity index (χ3v) is 7.05. The molecular weight excluding hydrogens is 436 g/mol. The summed E-state index contributed by atoms with van der Waals surface area (Å²) in [5, 5.41) is 2.99. The summed E-state index contributed by atoms with van der Waals surface area (Å²) >= 11 is 0. The van der Waals surface area contributed by atoms with Crippen molar-refractivity contribution in [3.8, 4) is 5.75 Å². The number of carbonyl (C=O) groups is 1. The van der Waals surface area contributed by atoms with Crippen molar-refractivity contribution in [2.24, 2.45) is 0 Å². The van der Waals surface area contributed by atoms with Crippen LogP contribution in [0.4, 0.5) is 0 Å². The second kappa shape index (κ2) is 11.1. The predicted octanol–water partition coefficient (Wildman–Crippen LogP) is 4.54. The molecule has 33 heavy (non-hydrogen) atoms. The van der Waals surface area contributed by atoms with Crippen molar-refractivity contribution in [2.45, 2.75) is 43.7 Å². The SMILES string of the molecule is COc1ccccc1[C@@H](C)NC(=O)CCc1ccc(S(=O)(=O)N[C@@H](C)c2ccccc2)cc1. The number of hydrogen-bond donors (Lipinski definition) is 2. The van der Waals surface area contributed by atoms with E-state index < -0.39 is 10.0 Å². The Hall–Kier alpha value is -3.16. The molecule has 7 heteroatoms. The molecule has 3 aromatic carbocycles. The van der Waals surface area contributed by atoms with Crippen LogP contribution in [0.25, 0.3) is 0 Å². The maximum Gasteiger partial charge on any atom is 0.241 e. The zero-order valence-corrected chi connectivity index (χ0v) is 19.9. The van der Waals surface area contributed by atoms with Crippen LogP contribution in [0.5, 0.6) is 5.75 Å². The van der Waals surface area contributed by atoms with Crippen LogP contribution in [-0.4, -0.2) is 21.4 Å². The van der Waals surface area contributed by atoms with Crippen molar-refractivity contribution in [3.05, 3.63) is 95.6 Å². The molecule has 0 spiro atoms. The van der Waals surface area contributed by atoms with Crippen molar-refractivity contribution >= 4 is 15.9 Å². The van der Waals surface area contributed by atoms with Crippen LogP contribution in [0.2, 0.25) is 0 Å². The lowest BCUT2D eigenvalue weighted by atomic mass is 10.1. The Labute approximate surface area is 196 Å². The lowest BCUT2D eigenvalue weighted by Crippen LogP contribution is -2.27. The molecule has 2 atom stereocenters. The van der Waals surface area contributed by atoms with E-state index in [4.69, 9.17) is 4.74 Å². The van der Waals surface area contributed by atoms with Crippen molar-refractivity contribution in [2.75, 3.05) is 7.11 Å². The molecule has 0 saturated carbocycles. The number of methoxy groups -OCH3 is 1. The summed E-state index contributed by atoms with van der Waals surface area (Å²) in [5.74, 6) is 0.653. The van der Waals surface area contributed by atoms with Crippen molar-refractivity contribution in [1.82, 2.24) is 10.0 Å². The van der Waals surface area contributed by atoms with Gasteiger partial charge in [-0.1, -0.05) is 60.7 Å². The molecule has 0 aromatic heterocycles. The second-order valence-electron chi connectivity index (χ2n) is 7.93. The average molecular weight is 467 g/mol. The third kappa shape index (κ3) is 6.66. The number of carbonyl (C=O) groups excluding carboxylic acids is 1. The molecule has 0 heterocycles. The highest BCUT2D eigenvalue weighted by Crippen LogP contribution is 2.24. The number of sulfonamides is 1. The summed E-state index contributed by atoms with van der Waals surface area (Å²) in [6.07, 6.45) is 0.813. The number of rotatable bonds is 10. The highest BCUT2D eigenvalue weighted by molar-refractivity contribution is 7.89. The molecule has 0 aliphatic heterocycles. The molecule has 3 aromatic rings. The first-order valence-electron chi connectivity index (χ1n) is 10.9. The largest absolute Gasteiger partial charge is 0.496 e. The Balaban J connectivity index is 1.55. The normalized spacial score (nSPS) is 13.2. The van der Waals surface area contributed by atoms with E-state index in [-0.39, 0.29) is 22.9 Å². The summed E-state index contributed by atoms with van der Waals surface area (Å²) < 4.78 is 33.5. The van der Waals surface area contributed by atoms with Gasteiger partial charge in [0.15, 0.2) is 0 Å². The first-order chi connectivity index (χ1) is 15.8. The predicted molar refractivity (Wildman–Crippen MR) is 129 cm³/mol. The van der Waals surface area contributed by atoms with Crippen LogP contribution < -0.4 is 14.8 Å². The standard InChI is InChI=1S/C26H30N2O4S/c1-19(22-9-5-4-6-10-22)28-33(30,31)23-16-13-21(14-17-23)15-18-26(29)27-20(2)24-11-7-8-12-25(24)32-3/h4-14,16-17,19-20,28H,15,18H2,1-3H3,(H,27,29)/t19-,20+/m0/s1. The van der Waals surface area contributed by atoms with E-state index in [0.29, 0.717) is 12.8 Å². The summed E-state index contributed by atoms with van der Waals surface area (Å²) in [7, 11) is -2.04. The molecule has 0 aliphatic rings. The lowest BCUT2D eigenvalue weighted by Gasteiger charge is -2.17. The van der Waals surface area contributed by atoms with Crippen molar-refractivity contribution in [1.29, 1.82) is 0 Å². The first kappa shape index (κ1) is 24.5. The molecule has 174 valence electrons. The third-order valence-electron chi connectivity index (χ3n) is 5.49. The Morgan fingerprint density at radius 3 is 2.18 bits per heavy atom. The molecule has 0 radical (unpaired) electrons. The van der Waals surface area contributed by atoms with Gasteiger partial charge in [-0.2, -0.15) is 0 Å². The zero-order chi connectivity index (χ0) is 23.8. The maximum atomic E-state index is 12.7. The van der Waals surface area contributed by atoms with Gasteiger partial charge in [-0.15, -0.1) is 0 Å². The van der Waals surface area contributed by atoms with Crippen LogP contribution >= 0.6 is 0 Å². The van der Waals surface area contributed by atoms with Crippen LogP contribution in [0, 0.1) is 0 Å². The Bertz CT molecular complexity index is 1160. The molecule has 6 nitrogen and oxygen atoms in total. The van der Waals surface area contributed by atoms with Gasteiger partial charge in [0.1, 0.15) is 5.75 Å². The molecule has 0 aliphatic carbocycles. The van der Waals surface area contributed by atoms with E-state index >= 15 is 0 Å². The van der Waals surface area contributed by atoms with E-state index in [0.717, 1.165) is 22.4 Å². The number of hydrogen-bond acceptors (Lipinski definition) is 4. The smallest absolute Gasteiger partial charge is 0.241 e. The second-order valence-corrected chi connectivity index (χ2v) is 9.64. The molecule has 1 amide bonds. The molecule has 0 unspecified atom stereocenters. The summed E-state index contributed by atoms with van der Waals surface area (Å²) in [6.45, 7) is 3.73. The number of aryl methyl sites for hydroxylation is 1. The number of nitrogens with one attached hydrogen (secondary N) is 2. The minimum Gasteiger partial charge on any atom is -0.496 e. The summed E-state index contributed by atoms with van der Waals surface area (Å²) in [6, 6.07) is 23.1. The van der Waals surface area contributed by atoms with Gasteiger partial charge in [0.2, 0.25) is 15.9 Å². The first-order valence-corrected chi connectivity index (χ1v) is 12.4. The van der Waals surface area contributed by atoms with Gasteiger partial charge in [-0.3, -0.25) is 4.79 Å². The van der Waals surface area contributed by atoms with Gasteiger partial charge in [0.25, 0.3) is 0 Å². The fraction of sp³-hybridized carbons (Fsp3) is 0.269. The fourth-order valence-electron chi connectivity index (χ4n) is 3.62. The number of para-hydroxylation sites is 1. The molecule has 0 saturated heterocycles. The molecule has 0 fully saturated rings. The number of ether oxygens (including phenoxy) is 1. The van der Waals surface area contributed by atoms with E-state index in [1.54, 1.807) is 31.4 Å². The molecule has 0 bridgehead atoms. The Kier molecular flexibility index (Phi) is 8.25. The molecular formula is C26H30N2O4S. The maximum absolute atomic E-state index is 12.7. The molecule has 2 N–H and O–H groups in total. The highest BCUT2D eigenvalue weighted by Gasteiger charge is 2.18. The molecule has 3 rings (SSSR count). The van der Waals surface area contributed by atoms with Gasteiger partial charge >= 0.3 is 0 Å². The zero-order valence-electron chi connectivity index (χ0n) is 19.1. The summed E-state index contributed by atoms with van der Waals surface area (Å²) in [4.78, 5) is 12.6. The van der Waals surface area contributed by atoms with Crippen molar-refractivity contribution < 1.29 is 17.9 Å². The van der Waals surface area contributed by atoms with Crippen LogP contribution in [-0.2, 0) is 21.2 Å². The van der Waals surface area contributed by atoms with Gasteiger partial charge < -0.3 is 10.1 Å². The van der Waals surface area contributed by atoms with Crippen LogP contribution in [0.3, 0.4) is 0 Å². The number of benzene rings is 3. The van der Waals surface area contributed by atoms with Gasteiger partial charge in [-0.05, 0) is 49.6 Å². The Morgan fingerprint density at radius 1 is 0.879 bits per heavy atom. The lowest BCUT2D eigenvalue weighted by molar-refractivity contribution is -0.121. The summed E-state index contributed by atoms with van der Waals surface area (Å²) in [5.41, 5.74) is 2.70. The van der Waals surface area contributed by atoms with E-state index in [2.05, 4.69) is 10.0 Å². The fourth-order valence-corrected chi connectivity index (χ4v) is 4.85. The van der Waals surface area contributed by atoms with Gasteiger partial charge in [0.05, 0.1) is 18.0 Å². The van der Waals surface area contributed by atoms with Crippen LogP contribution in [0.1, 0.15) is 49.0 Å². The highest BCUT2D eigenvalue weighted by atomic mass is 32.2. The van der Waals surface area contributed by atoms with E-state index in [9.17, 15) is 13.2 Å². The van der Waals surface area contributed by atoms with Gasteiger partial charge in [0, 0.05) is 18.0 Å². The Morgan fingerprint density at radius 2 is 1.52 bits per heavy atom. The quantitative estimate of drug-likeness (QED) is 0.459. The monoisotopic (exact) mass is 466 g/mol. The number of amides is 1. The van der Waals surface area contributed by atoms with Crippen LogP contribution in [0.15, 0.2) is 83.8 Å². The van der Waals surface area contributed by atoms with E-state index in [1.165, 1.54) is 0 Å². The minimum atomic E-state index is -3.65. The van der Waals surface area contributed by atoms with Gasteiger partial charge in [-0.25, -0.2) is 13.1 Å². The average Bonchev–Trinajstić information content (AvgIpc) is 2.83. The van der Waals surface area contributed by atoms with E-state index in [1.807, 2.05) is 68.4 Å². The topological polar surface area (TPSA) is 84.5 Å².